The highest BCUT2D eigenvalue weighted by molar-refractivity contribution is 5.18. The zero-order chi connectivity index (χ0) is 20.9. The van der Waals surface area contributed by atoms with E-state index < -0.39 is 0 Å². The molecule has 2 heterocycles. The van der Waals surface area contributed by atoms with Crippen molar-refractivity contribution in [3.63, 3.8) is 0 Å². The first kappa shape index (κ1) is 21.5. The average Bonchev–Trinajstić information content (AvgIpc) is 3.39. The van der Waals surface area contributed by atoms with Crippen molar-refractivity contribution in [3.05, 3.63) is 12.2 Å². The third kappa shape index (κ3) is 3.52. The third-order valence-corrected chi connectivity index (χ3v) is 10.4. The molecule has 0 bridgehead atoms. The van der Waals surface area contributed by atoms with Crippen molar-refractivity contribution in [2.45, 2.75) is 110 Å². The number of hydrogen-bond donors (Lipinski definition) is 0. The maximum Gasteiger partial charge on any atom is 0.160 e. The van der Waals surface area contributed by atoms with Gasteiger partial charge in [-0.05, 0) is 95.1 Å². The Morgan fingerprint density at radius 2 is 1.83 bits per heavy atom. The molecule has 7 atom stereocenters. The molecule has 0 aromatic rings. The van der Waals surface area contributed by atoms with E-state index in [1.54, 1.807) is 0 Å². The standard InChI is InChI=1S/C27H45NO2/c1-19-11-12-23-26(3,22(19)14-17-28-16-7-8-20(28)2)15-13-24-27(23,4)18-29-25(30-24)21-9-5-6-10-21/h20-25H,1,5-18H2,2-4H3/t20-,22-,23?,24-,25-,26+,27+/m1/s1. The van der Waals surface area contributed by atoms with Gasteiger partial charge < -0.3 is 14.4 Å². The van der Waals surface area contributed by atoms with Crippen LogP contribution in [-0.4, -0.2) is 43.0 Å². The quantitative estimate of drug-likeness (QED) is 0.512. The van der Waals surface area contributed by atoms with E-state index in [1.165, 1.54) is 89.3 Å². The van der Waals surface area contributed by atoms with E-state index in [4.69, 9.17) is 9.47 Å². The molecular formula is C27H45NO2. The zero-order valence-corrected chi connectivity index (χ0v) is 19.8. The van der Waals surface area contributed by atoms with Gasteiger partial charge in [-0.25, -0.2) is 0 Å². The van der Waals surface area contributed by atoms with Gasteiger partial charge in [0.15, 0.2) is 6.29 Å². The summed E-state index contributed by atoms with van der Waals surface area (Å²) in [6.07, 6.45) is 14.8. The van der Waals surface area contributed by atoms with E-state index in [2.05, 4.69) is 32.3 Å². The van der Waals surface area contributed by atoms with Crippen LogP contribution in [0.1, 0.15) is 91.4 Å². The van der Waals surface area contributed by atoms with Crippen LogP contribution in [0.3, 0.4) is 0 Å². The lowest BCUT2D eigenvalue weighted by molar-refractivity contribution is -0.316. The van der Waals surface area contributed by atoms with Crippen molar-refractivity contribution in [1.82, 2.24) is 4.90 Å². The first-order valence-electron chi connectivity index (χ1n) is 13.1. The van der Waals surface area contributed by atoms with Crippen LogP contribution in [0.25, 0.3) is 0 Å². The molecule has 5 aliphatic rings. The molecule has 3 saturated carbocycles. The predicted molar refractivity (Wildman–Crippen MR) is 122 cm³/mol. The number of rotatable bonds is 4. The molecule has 3 nitrogen and oxygen atoms in total. The van der Waals surface area contributed by atoms with E-state index in [-0.39, 0.29) is 11.7 Å². The molecule has 0 aromatic heterocycles. The maximum absolute atomic E-state index is 6.74. The third-order valence-electron chi connectivity index (χ3n) is 10.4. The lowest BCUT2D eigenvalue weighted by atomic mass is 9.46. The zero-order valence-electron chi connectivity index (χ0n) is 19.8. The first-order chi connectivity index (χ1) is 14.4. The van der Waals surface area contributed by atoms with Gasteiger partial charge in [0, 0.05) is 17.4 Å². The normalized spacial score (nSPS) is 48.0. The summed E-state index contributed by atoms with van der Waals surface area (Å²) in [4.78, 5) is 2.73. The fraction of sp³-hybridized carbons (Fsp3) is 0.926. The monoisotopic (exact) mass is 415 g/mol. The van der Waals surface area contributed by atoms with Crippen LogP contribution >= 0.6 is 0 Å². The summed E-state index contributed by atoms with van der Waals surface area (Å²) in [7, 11) is 0. The molecule has 2 aliphatic heterocycles. The van der Waals surface area contributed by atoms with Crippen molar-refractivity contribution in [3.8, 4) is 0 Å². The maximum atomic E-state index is 6.74. The summed E-state index contributed by atoms with van der Waals surface area (Å²) in [6.45, 7) is 15.6. The van der Waals surface area contributed by atoms with E-state index >= 15 is 0 Å². The van der Waals surface area contributed by atoms with Gasteiger partial charge in [0.1, 0.15) is 0 Å². The summed E-state index contributed by atoms with van der Waals surface area (Å²) < 4.78 is 13.2. The molecule has 30 heavy (non-hydrogen) atoms. The van der Waals surface area contributed by atoms with Gasteiger partial charge in [0.05, 0.1) is 12.7 Å². The van der Waals surface area contributed by atoms with Crippen LogP contribution in [-0.2, 0) is 9.47 Å². The molecule has 5 fully saturated rings. The molecule has 0 amide bonds. The van der Waals surface area contributed by atoms with Crippen molar-refractivity contribution < 1.29 is 9.47 Å². The van der Waals surface area contributed by atoms with E-state index in [1.807, 2.05) is 0 Å². The summed E-state index contributed by atoms with van der Waals surface area (Å²) >= 11 is 0. The number of allylic oxidation sites excluding steroid dienone is 1. The topological polar surface area (TPSA) is 21.7 Å². The summed E-state index contributed by atoms with van der Waals surface area (Å²) in [5, 5.41) is 0. The van der Waals surface area contributed by atoms with Crippen LogP contribution in [0.2, 0.25) is 0 Å². The highest BCUT2D eigenvalue weighted by atomic mass is 16.7. The highest BCUT2D eigenvalue weighted by Crippen LogP contribution is 2.63. The molecule has 3 heteroatoms. The fourth-order valence-electron chi connectivity index (χ4n) is 8.48. The van der Waals surface area contributed by atoms with Crippen molar-refractivity contribution >= 4 is 0 Å². The smallest absolute Gasteiger partial charge is 0.160 e. The number of fused-ring (bicyclic) bond motifs is 3. The molecule has 3 aliphatic carbocycles. The molecule has 1 unspecified atom stereocenters. The molecule has 0 radical (unpaired) electrons. The minimum absolute atomic E-state index is 0.0703. The van der Waals surface area contributed by atoms with Crippen molar-refractivity contribution in [1.29, 1.82) is 0 Å². The SMILES string of the molecule is C=C1CCC2[C@]3(C)CO[C@@H](C4CCCC4)O[C@@H]3CC[C@@]2(C)[C@@H]1CCN1CCC[C@H]1C. The number of likely N-dealkylation sites (tertiary alicyclic amines) is 1. The first-order valence-corrected chi connectivity index (χ1v) is 13.1. The Hall–Kier alpha value is -0.380. The van der Waals surface area contributed by atoms with Gasteiger partial charge in [0.25, 0.3) is 0 Å². The lowest BCUT2D eigenvalue weighted by Gasteiger charge is -2.63. The second-order valence-corrected chi connectivity index (χ2v) is 12.0. The van der Waals surface area contributed by atoms with E-state index in [9.17, 15) is 0 Å². The van der Waals surface area contributed by atoms with Crippen LogP contribution in [0, 0.1) is 28.6 Å². The Morgan fingerprint density at radius 3 is 2.57 bits per heavy atom. The molecule has 0 spiro atoms. The Morgan fingerprint density at radius 1 is 1.03 bits per heavy atom. The van der Waals surface area contributed by atoms with Gasteiger partial charge >= 0.3 is 0 Å². The molecule has 5 rings (SSSR count). The van der Waals surface area contributed by atoms with Crippen LogP contribution in [0.4, 0.5) is 0 Å². The molecule has 0 N–H and O–H groups in total. The largest absolute Gasteiger partial charge is 0.352 e. The van der Waals surface area contributed by atoms with Gasteiger partial charge in [-0.3, -0.25) is 0 Å². The van der Waals surface area contributed by atoms with E-state index in [0.717, 1.165) is 12.6 Å². The van der Waals surface area contributed by atoms with Crippen molar-refractivity contribution in [2.24, 2.45) is 28.6 Å². The van der Waals surface area contributed by atoms with Crippen molar-refractivity contribution in [2.75, 3.05) is 19.7 Å². The second kappa shape index (κ2) is 8.19. The van der Waals surface area contributed by atoms with Crippen LogP contribution in [0.15, 0.2) is 12.2 Å². The average molecular weight is 416 g/mol. The highest BCUT2D eigenvalue weighted by Gasteiger charge is 2.60. The van der Waals surface area contributed by atoms with Crippen LogP contribution in [0.5, 0.6) is 0 Å². The minimum Gasteiger partial charge on any atom is -0.352 e. The Kier molecular flexibility index (Phi) is 5.86. The van der Waals surface area contributed by atoms with Gasteiger partial charge in [-0.15, -0.1) is 0 Å². The molecule has 0 aromatic carbocycles. The van der Waals surface area contributed by atoms with Gasteiger partial charge in [-0.2, -0.15) is 0 Å². The van der Waals surface area contributed by atoms with Gasteiger partial charge in [0.2, 0.25) is 0 Å². The lowest BCUT2D eigenvalue weighted by Crippen LogP contribution is -2.62. The van der Waals surface area contributed by atoms with Crippen LogP contribution < -0.4 is 0 Å². The predicted octanol–water partition coefficient (Wildman–Crippen LogP) is 6.18. The minimum atomic E-state index is 0.0703. The number of ether oxygens (including phenoxy) is 2. The molecule has 2 saturated heterocycles. The molecule has 170 valence electrons. The summed E-state index contributed by atoms with van der Waals surface area (Å²) in [5.74, 6) is 2.00. The van der Waals surface area contributed by atoms with Gasteiger partial charge in [-0.1, -0.05) is 38.8 Å². The van der Waals surface area contributed by atoms with E-state index in [0.29, 0.717) is 29.3 Å². The molecular weight excluding hydrogens is 370 g/mol. The Balaban J connectivity index is 1.31. The summed E-state index contributed by atoms with van der Waals surface area (Å²) in [6, 6.07) is 0.770. The number of nitrogens with zero attached hydrogens (tertiary/aromatic N) is 1. The Bertz CT molecular complexity index is 643. The number of hydrogen-bond acceptors (Lipinski definition) is 3. The Labute approximate surface area is 184 Å². The fourth-order valence-corrected chi connectivity index (χ4v) is 8.48. The second-order valence-electron chi connectivity index (χ2n) is 12.0. The summed E-state index contributed by atoms with van der Waals surface area (Å²) in [5.41, 5.74) is 2.06.